The van der Waals surface area contributed by atoms with Crippen molar-refractivity contribution < 1.29 is 20.4 Å². The second kappa shape index (κ2) is 12.2. The third-order valence-electron chi connectivity index (χ3n) is 7.04. The zero-order valence-electron chi connectivity index (χ0n) is 22.8. The molecule has 0 aliphatic carbocycles. The van der Waals surface area contributed by atoms with E-state index in [1.807, 2.05) is 41.5 Å². The van der Waals surface area contributed by atoms with Gasteiger partial charge in [0.2, 0.25) is 11.8 Å². The first-order valence-electron chi connectivity index (χ1n) is 13.0. The van der Waals surface area contributed by atoms with Crippen LogP contribution in [0, 0.1) is 10.8 Å². The van der Waals surface area contributed by atoms with Crippen molar-refractivity contribution in [3.05, 3.63) is 33.4 Å². The number of nitrogens with zero attached hydrogens (tertiary/aromatic N) is 4. The predicted molar refractivity (Wildman–Crippen MR) is 139 cm³/mol. The van der Waals surface area contributed by atoms with Crippen molar-refractivity contribution in [2.24, 2.45) is 10.8 Å². The van der Waals surface area contributed by atoms with Crippen LogP contribution in [0.4, 0.5) is 0 Å². The molecule has 0 amide bonds. The van der Waals surface area contributed by atoms with Crippen molar-refractivity contribution in [3.8, 4) is 11.8 Å². The Morgan fingerprint density at radius 2 is 1.03 bits per heavy atom. The molecule has 0 spiro atoms. The zero-order chi connectivity index (χ0) is 27.3. The normalized spacial score (nSPS) is 14.3. The number of hydrogen-bond donors (Lipinski definition) is 4. The molecule has 10 nitrogen and oxygen atoms in total. The van der Waals surface area contributed by atoms with Gasteiger partial charge in [0.25, 0.3) is 0 Å². The lowest BCUT2D eigenvalue weighted by Crippen LogP contribution is -2.30. The highest BCUT2D eigenvalue weighted by Gasteiger charge is 2.25. The number of hydrogen-bond acceptors (Lipinski definition) is 6. The molecule has 0 saturated heterocycles. The molecule has 0 aliphatic heterocycles. The van der Waals surface area contributed by atoms with E-state index >= 15 is 0 Å². The van der Waals surface area contributed by atoms with Crippen LogP contribution in [-0.4, -0.2) is 50.9 Å². The van der Waals surface area contributed by atoms with E-state index in [9.17, 15) is 30.0 Å². The van der Waals surface area contributed by atoms with Gasteiger partial charge in [-0.05, 0) is 63.2 Å². The van der Waals surface area contributed by atoms with Gasteiger partial charge in [-0.1, -0.05) is 27.7 Å². The van der Waals surface area contributed by atoms with Crippen LogP contribution in [0.3, 0.4) is 0 Å². The molecule has 2 unspecified atom stereocenters. The lowest BCUT2D eigenvalue weighted by molar-refractivity contribution is 0.0845. The largest absolute Gasteiger partial charge is 0.493 e. The maximum atomic E-state index is 12.4. The fourth-order valence-electron chi connectivity index (χ4n) is 4.59. The first-order valence-corrected chi connectivity index (χ1v) is 13.0. The topological polar surface area (TPSA) is 135 Å². The maximum absolute atomic E-state index is 12.4. The van der Waals surface area contributed by atoms with Crippen molar-refractivity contribution in [2.75, 3.05) is 0 Å². The van der Waals surface area contributed by atoms with Crippen LogP contribution in [-0.2, 0) is 26.2 Å². The third-order valence-corrected chi connectivity index (χ3v) is 7.04. The Kier molecular flexibility index (Phi) is 10.1. The summed E-state index contributed by atoms with van der Waals surface area (Å²) in [6.07, 6.45) is 5.08. The molecule has 0 saturated carbocycles. The van der Waals surface area contributed by atoms with E-state index in [2.05, 4.69) is 0 Å². The number of imidazole rings is 2. The van der Waals surface area contributed by atoms with Gasteiger partial charge in [-0.25, -0.2) is 9.59 Å². The molecule has 0 fully saturated rings. The molecule has 2 aromatic rings. The Morgan fingerprint density at radius 3 is 1.31 bits per heavy atom. The number of aromatic hydroxyl groups is 2. The number of aliphatic hydroxyl groups excluding tert-OH is 2. The van der Waals surface area contributed by atoms with Crippen LogP contribution in [0.25, 0.3) is 0 Å². The SMILES string of the molecule is CCn1cc(O)n(CC(C)(C)CCC(O)CCC(O)CCC(C)(C)Cn2c(O)cn(CC)c2=O)c1=O. The third kappa shape index (κ3) is 8.03. The number of rotatable bonds is 15. The van der Waals surface area contributed by atoms with Gasteiger partial charge in [0, 0.05) is 26.2 Å². The first-order chi connectivity index (χ1) is 16.7. The van der Waals surface area contributed by atoms with E-state index in [4.69, 9.17) is 0 Å². The molecule has 2 rings (SSSR count). The average Bonchev–Trinajstić information content (AvgIpc) is 3.23. The van der Waals surface area contributed by atoms with Gasteiger partial charge in [0.15, 0.2) is 0 Å². The van der Waals surface area contributed by atoms with E-state index in [1.54, 1.807) is 0 Å². The van der Waals surface area contributed by atoms with Crippen LogP contribution in [0.1, 0.15) is 80.1 Å². The second-order valence-corrected chi connectivity index (χ2v) is 11.6. The quantitative estimate of drug-likeness (QED) is 0.291. The monoisotopic (exact) mass is 510 g/mol. The molecule has 2 heterocycles. The summed E-state index contributed by atoms with van der Waals surface area (Å²) >= 11 is 0. The van der Waals surface area contributed by atoms with E-state index < -0.39 is 12.2 Å². The molecule has 0 aliphatic rings. The summed E-state index contributed by atoms with van der Waals surface area (Å²) < 4.78 is 5.66. The fourth-order valence-corrected chi connectivity index (χ4v) is 4.59. The van der Waals surface area contributed by atoms with Crippen LogP contribution in [0.2, 0.25) is 0 Å². The lowest BCUT2D eigenvalue weighted by Gasteiger charge is -2.27. The van der Waals surface area contributed by atoms with E-state index in [1.165, 1.54) is 30.7 Å². The van der Waals surface area contributed by atoms with Gasteiger partial charge in [-0.2, -0.15) is 0 Å². The highest BCUT2D eigenvalue weighted by molar-refractivity contribution is 5.06. The molecular weight excluding hydrogens is 464 g/mol. The summed E-state index contributed by atoms with van der Waals surface area (Å²) in [7, 11) is 0. The molecule has 4 N–H and O–H groups in total. The second-order valence-electron chi connectivity index (χ2n) is 11.6. The highest BCUT2D eigenvalue weighted by Crippen LogP contribution is 2.29. The van der Waals surface area contributed by atoms with Gasteiger partial charge in [-0.15, -0.1) is 0 Å². The van der Waals surface area contributed by atoms with Crippen molar-refractivity contribution in [1.29, 1.82) is 0 Å². The molecule has 2 atom stereocenters. The van der Waals surface area contributed by atoms with Crippen molar-refractivity contribution in [3.63, 3.8) is 0 Å². The standard InChI is InChI=1S/C26H46N4O6/c1-7-27-15-21(33)29(23(27)35)17-25(3,4)13-11-19(31)9-10-20(32)12-14-26(5,6)18-30-22(34)16-28(8-2)24(30)36/h15-16,19-20,31-34H,7-14,17-18H2,1-6H3. The average molecular weight is 511 g/mol. The summed E-state index contributed by atoms with van der Waals surface area (Å²) in [6.45, 7) is 13.4. The van der Waals surface area contributed by atoms with E-state index in [0.717, 1.165) is 0 Å². The van der Waals surface area contributed by atoms with Crippen molar-refractivity contribution >= 4 is 0 Å². The van der Waals surface area contributed by atoms with Gasteiger partial charge < -0.3 is 20.4 Å². The number of aryl methyl sites for hydroxylation is 2. The van der Waals surface area contributed by atoms with E-state index in [-0.39, 0.29) is 34.0 Å². The van der Waals surface area contributed by atoms with Gasteiger partial charge >= 0.3 is 11.4 Å². The highest BCUT2D eigenvalue weighted by atomic mass is 16.3. The Hall–Kier alpha value is -2.46. The maximum Gasteiger partial charge on any atom is 0.331 e. The fraction of sp³-hybridized carbons (Fsp3) is 0.769. The number of aliphatic hydroxyl groups is 2. The smallest absolute Gasteiger partial charge is 0.331 e. The summed E-state index contributed by atoms with van der Waals surface area (Å²) in [4.78, 5) is 24.7. The Morgan fingerprint density at radius 1 is 0.694 bits per heavy atom. The minimum Gasteiger partial charge on any atom is -0.493 e. The molecule has 0 bridgehead atoms. The Bertz CT molecular complexity index is 1000. The van der Waals surface area contributed by atoms with Gasteiger partial charge in [0.1, 0.15) is 0 Å². The van der Waals surface area contributed by atoms with E-state index in [0.29, 0.717) is 64.7 Å². The molecule has 2 aromatic heterocycles. The molecular formula is C26H46N4O6. The van der Waals surface area contributed by atoms with Crippen LogP contribution < -0.4 is 11.4 Å². The summed E-state index contributed by atoms with van der Waals surface area (Å²) in [5.41, 5.74) is -1.08. The lowest BCUT2D eigenvalue weighted by atomic mass is 9.84. The minimum atomic E-state index is -0.568. The molecule has 10 heteroatoms. The minimum absolute atomic E-state index is 0.0514. The van der Waals surface area contributed by atoms with Gasteiger partial charge in [0.05, 0.1) is 24.6 Å². The molecule has 36 heavy (non-hydrogen) atoms. The zero-order valence-corrected chi connectivity index (χ0v) is 22.8. The van der Waals surface area contributed by atoms with Crippen LogP contribution in [0.5, 0.6) is 11.8 Å². The summed E-state index contributed by atoms with van der Waals surface area (Å²) in [6, 6.07) is 0. The van der Waals surface area contributed by atoms with Gasteiger partial charge in [-0.3, -0.25) is 18.3 Å². The molecule has 0 radical (unpaired) electrons. The molecule has 206 valence electrons. The van der Waals surface area contributed by atoms with Crippen LogP contribution >= 0.6 is 0 Å². The predicted octanol–water partition coefficient (Wildman–Crippen LogP) is 2.88. The summed E-state index contributed by atoms with van der Waals surface area (Å²) in [5, 5.41) is 41.2. The van der Waals surface area contributed by atoms with Crippen LogP contribution in [0.15, 0.2) is 22.0 Å². The van der Waals surface area contributed by atoms with Crippen molar-refractivity contribution in [1.82, 2.24) is 18.3 Å². The Balaban J connectivity index is 1.78. The Labute approximate surface area is 213 Å². The summed E-state index contributed by atoms with van der Waals surface area (Å²) in [5.74, 6) is -0.103. The first kappa shape index (κ1) is 29.8. The van der Waals surface area contributed by atoms with Crippen molar-refractivity contribution in [2.45, 2.75) is 118 Å². The molecule has 0 aromatic carbocycles. The number of aromatic nitrogens is 4.